The molecule has 2 heterocycles. The van der Waals surface area contributed by atoms with Gasteiger partial charge in [0.1, 0.15) is 5.75 Å². The number of hydrogen-bond acceptors (Lipinski definition) is 4. The standard InChI is InChI=1S/C31H36N4O3/c1-22-12-14-26(20-23(22)2)38-28-15-13-24(21-27(28)33-30(37)32-25-10-5-4-6-11-25)29(36)35-19-9-16-31(35,3)34-17-7-8-18-34/h4-6,10-15,20-21H,7-9,16-19H2,1-3H3,(H2,32,33,37). The smallest absolute Gasteiger partial charge is 0.323 e. The summed E-state index contributed by atoms with van der Waals surface area (Å²) < 4.78 is 6.20. The monoisotopic (exact) mass is 512 g/mol. The number of rotatable bonds is 6. The van der Waals surface area contributed by atoms with Crippen molar-refractivity contribution in [1.82, 2.24) is 9.80 Å². The first-order valence-corrected chi connectivity index (χ1v) is 13.4. The minimum absolute atomic E-state index is 0.0267. The molecular formula is C31H36N4O3. The molecule has 2 N–H and O–H groups in total. The maximum absolute atomic E-state index is 13.8. The summed E-state index contributed by atoms with van der Waals surface area (Å²) in [6, 6.07) is 20.0. The van der Waals surface area contributed by atoms with E-state index in [0.717, 1.165) is 38.0 Å². The predicted molar refractivity (Wildman–Crippen MR) is 151 cm³/mol. The SMILES string of the molecule is Cc1ccc(Oc2ccc(C(=O)N3CCCC3(C)N3CCCC3)cc2NC(=O)Nc2ccccc2)cc1C. The maximum Gasteiger partial charge on any atom is 0.323 e. The maximum atomic E-state index is 13.8. The van der Waals surface area contributed by atoms with Gasteiger partial charge < -0.3 is 20.3 Å². The van der Waals surface area contributed by atoms with Gasteiger partial charge in [-0.05, 0) is 100 Å². The number of benzene rings is 3. The van der Waals surface area contributed by atoms with Crippen LogP contribution < -0.4 is 15.4 Å². The van der Waals surface area contributed by atoms with Crippen molar-refractivity contribution in [3.63, 3.8) is 0 Å². The van der Waals surface area contributed by atoms with Gasteiger partial charge in [-0.1, -0.05) is 24.3 Å². The number of nitrogens with one attached hydrogen (secondary N) is 2. The molecular weight excluding hydrogens is 476 g/mol. The van der Waals surface area contributed by atoms with E-state index < -0.39 is 6.03 Å². The molecule has 0 aliphatic carbocycles. The van der Waals surface area contributed by atoms with E-state index in [1.54, 1.807) is 18.2 Å². The first-order chi connectivity index (χ1) is 18.3. The van der Waals surface area contributed by atoms with E-state index in [9.17, 15) is 9.59 Å². The Balaban J connectivity index is 1.43. The van der Waals surface area contributed by atoms with Crippen molar-refractivity contribution in [3.8, 4) is 11.5 Å². The summed E-state index contributed by atoms with van der Waals surface area (Å²) >= 11 is 0. The number of aryl methyl sites for hydroxylation is 2. The van der Waals surface area contributed by atoms with Crippen molar-refractivity contribution in [2.45, 2.75) is 52.1 Å². The Kier molecular flexibility index (Phi) is 7.38. The highest BCUT2D eigenvalue weighted by molar-refractivity contribution is 6.02. The van der Waals surface area contributed by atoms with Crippen LogP contribution in [0.4, 0.5) is 16.2 Å². The fourth-order valence-electron chi connectivity index (χ4n) is 5.51. The lowest BCUT2D eigenvalue weighted by atomic mass is 10.1. The molecule has 7 nitrogen and oxygen atoms in total. The summed E-state index contributed by atoms with van der Waals surface area (Å²) in [5.74, 6) is 1.11. The molecule has 3 amide bonds. The highest BCUT2D eigenvalue weighted by atomic mass is 16.5. The van der Waals surface area contributed by atoms with Gasteiger partial charge in [0.25, 0.3) is 5.91 Å². The molecule has 0 bridgehead atoms. The van der Waals surface area contributed by atoms with Gasteiger partial charge in [0.2, 0.25) is 0 Å². The predicted octanol–water partition coefficient (Wildman–Crippen LogP) is 6.79. The van der Waals surface area contributed by atoms with Gasteiger partial charge >= 0.3 is 6.03 Å². The molecule has 2 aliphatic heterocycles. The Hall–Kier alpha value is -3.84. The Labute approximate surface area is 224 Å². The lowest BCUT2D eigenvalue weighted by Crippen LogP contribution is -2.56. The van der Waals surface area contributed by atoms with E-state index in [1.807, 2.05) is 60.4 Å². The summed E-state index contributed by atoms with van der Waals surface area (Å²) in [6.07, 6.45) is 4.30. The second-order valence-electron chi connectivity index (χ2n) is 10.5. The average molecular weight is 513 g/mol. The highest BCUT2D eigenvalue weighted by Gasteiger charge is 2.45. The fourth-order valence-corrected chi connectivity index (χ4v) is 5.51. The van der Waals surface area contributed by atoms with Gasteiger partial charge in [-0.3, -0.25) is 9.69 Å². The molecule has 0 aromatic heterocycles. The molecule has 0 saturated carbocycles. The van der Waals surface area contributed by atoms with Gasteiger partial charge in [0.05, 0.1) is 11.4 Å². The Morgan fingerprint density at radius 2 is 1.61 bits per heavy atom. The molecule has 7 heteroatoms. The number of ether oxygens (including phenoxy) is 1. The summed E-state index contributed by atoms with van der Waals surface area (Å²) in [5, 5.41) is 5.76. The lowest BCUT2D eigenvalue weighted by Gasteiger charge is -2.42. The molecule has 5 rings (SSSR count). The van der Waals surface area contributed by atoms with Gasteiger partial charge in [-0.2, -0.15) is 0 Å². The number of anilines is 2. The van der Waals surface area contributed by atoms with Crippen LogP contribution in [0.5, 0.6) is 11.5 Å². The van der Waals surface area contributed by atoms with E-state index in [2.05, 4.69) is 29.4 Å². The van der Waals surface area contributed by atoms with Crippen molar-refractivity contribution in [2.75, 3.05) is 30.3 Å². The minimum Gasteiger partial charge on any atom is -0.455 e. The molecule has 2 saturated heterocycles. The summed E-state index contributed by atoms with van der Waals surface area (Å²) in [4.78, 5) is 31.2. The molecule has 0 spiro atoms. The molecule has 0 radical (unpaired) electrons. The third-order valence-corrected chi connectivity index (χ3v) is 7.86. The van der Waals surface area contributed by atoms with Gasteiger partial charge in [-0.25, -0.2) is 4.79 Å². The Bertz CT molecular complexity index is 1320. The lowest BCUT2D eigenvalue weighted by molar-refractivity contribution is 0.00458. The second kappa shape index (κ2) is 10.9. The topological polar surface area (TPSA) is 73.9 Å². The molecule has 3 aromatic rings. The van der Waals surface area contributed by atoms with Crippen molar-refractivity contribution in [2.24, 2.45) is 0 Å². The number of carbonyl (C=O) groups is 2. The first kappa shape index (κ1) is 25.8. The summed E-state index contributed by atoms with van der Waals surface area (Å²) in [5.41, 5.74) is 3.64. The number of nitrogens with zero attached hydrogens (tertiary/aromatic N) is 2. The third kappa shape index (κ3) is 5.38. The largest absolute Gasteiger partial charge is 0.455 e. The molecule has 198 valence electrons. The van der Waals surface area contributed by atoms with Crippen LogP contribution in [0.3, 0.4) is 0 Å². The van der Waals surface area contributed by atoms with Crippen molar-refractivity contribution in [3.05, 3.63) is 83.4 Å². The molecule has 1 unspecified atom stereocenters. The Morgan fingerprint density at radius 3 is 2.34 bits per heavy atom. The molecule has 2 aliphatic rings. The van der Waals surface area contributed by atoms with Gasteiger partial charge in [-0.15, -0.1) is 0 Å². The van der Waals surface area contributed by atoms with Crippen LogP contribution in [0.2, 0.25) is 0 Å². The number of urea groups is 1. The van der Waals surface area contributed by atoms with Crippen LogP contribution >= 0.6 is 0 Å². The number of amides is 3. The fraction of sp³-hybridized carbons (Fsp3) is 0.355. The van der Waals surface area contributed by atoms with Crippen LogP contribution in [0.25, 0.3) is 0 Å². The number of carbonyl (C=O) groups excluding carboxylic acids is 2. The zero-order valence-corrected chi connectivity index (χ0v) is 22.4. The first-order valence-electron chi connectivity index (χ1n) is 13.4. The van der Waals surface area contributed by atoms with E-state index in [0.29, 0.717) is 28.4 Å². The van der Waals surface area contributed by atoms with Crippen LogP contribution in [0.1, 0.15) is 54.1 Å². The highest BCUT2D eigenvalue weighted by Crippen LogP contribution is 2.37. The third-order valence-electron chi connectivity index (χ3n) is 7.86. The zero-order valence-electron chi connectivity index (χ0n) is 22.4. The second-order valence-corrected chi connectivity index (χ2v) is 10.5. The summed E-state index contributed by atoms with van der Waals surface area (Å²) in [7, 11) is 0. The van der Waals surface area contributed by atoms with E-state index in [-0.39, 0.29) is 11.6 Å². The van der Waals surface area contributed by atoms with Gasteiger partial charge in [0.15, 0.2) is 5.75 Å². The van der Waals surface area contributed by atoms with E-state index in [4.69, 9.17) is 4.74 Å². The van der Waals surface area contributed by atoms with Gasteiger partial charge in [0, 0.05) is 30.9 Å². The molecule has 2 fully saturated rings. The van der Waals surface area contributed by atoms with Crippen LogP contribution in [0, 0.1) is 13.8 Å². The number of para-hydroxylation sites is 1. The van der Waals surface area contributed by atoms with Crippen molar-refractivity contribution in [1.29, 1.82) is 0 Å². The quantitative estimate of drug-likeness (QED) is 0.381. The molecule has 3 aromatic carbocycles. The molecule has 1 atom stereocenters. The zero-order chi connectivity index (χ0) is 26.7. The molecule has 38 heavy (non-hydrogen) atoms. The van der Waals surface area contributed by atoms with E-state index >= 15 is 0 Å². The number of hydrogen-bond donors (Lipinski definition) is 2. The normalized spacial score (nSPS) is 19.4. The van der Waals surface area contributed by atoms with Crippen molar-refractivity contribution < 1.29 is 14.3 Å². The van der Waals surface area contributed by atoms with E-state index in [1.165, 1.54) is 18.4 Å². The van der Waals surface area contributed by atoms with Crippen LogP contribution in [-0.2, 0) is 0 Å². The van der Waals surface area contributed by atoms with Crippen LogP contribution in [-0.4, -0.2) is 47.0 Å². The minimum atomic E-state index is -0.409. The number of likely N-dealkylation sites (tertiary alicyclic amines) is 2. The summed E-state index contributed by atoms with van der Waals surface area (Å²) in [6.45, 7) is 9.04. The Morgan fingerprint density at radius 1 is 0.842 bits per heavy atom. The van der Waals surface area contributed by atoms with Crippen LogP contribution in [0.15, 0.2) is 66.7 Å². The van der Waals surface area contributed by atoms with Crippen molar-refractivity contribution >= 4 is 23.3 Å². The average Bonchev–Trinajstić information content (AvgIpc) is 3.58.